The molecule has 0 amide bonds. The summed E-state index contributed by atoms with van der Waals surface area (Å²) in [6.07, 6.45) is -12.7. The van der Waals surface area contributed by atoms with E-state index >= 15 is 0 Å². The van der Waals surface area contributed by atoms with Crippen molar-refractivity contribution in [1.29, 1.82) is 0 Å². The van der Waals surface area contributed by atoms with Crippen molar-refractivity contribution < 1.29 is 28.1 Å². The summed E-state index contributed by atoms with van der Waals surface area (Å²) < 4.78 is 45.3. The van der Waals surface area contributed by atoms with Crippen LogP contribution in [0.4, 0.5) is 19.1 Å². The number of aromatic nitrogens is 4. The van der Waals surface area contributed by atoms with Crippen molar-refractivity contribution in [3.8, 4) is 0 Å². The van der Waals surface area contributed by atoms with Gasteiger partial charge in [0.1, 0.15) is 6.10 Å². The lowest BCUT2D eigenvalue weighted by Crippen LogP contribution is -2.39. The zero-order valence-electron chi connectivity index (χ0n) is 14.1. The van der Waals surface area contributed by atoms with Gasteiger partial charge in [0.05, 0.1) is 6.10 Å². The minimum atomic E-state index is -4.96. The quantitative estimate of drug-likeness (QED) is 0.545. The molecule has 0 aromatic carbocycles. The molecule has 2 aromatic rings. The number of aliphatic hydroxyl groups is 2. The molecule has 0 saturated carbocycles. The Hall–Kier alpha value is -2.38. The molecular formula is C14H18F3N5O5. The second-order valence-electron chi connectivity index (χ2n) is 6.28. The number of aliphatic hydroxyl groups excluding tert-OH is 2. The van der Waals surface area contributed by atoms with Crippen LogP contribution in [0.15, 0.2) is 9.59 Å². The van der Waals surface area contributed by atoms with Crippen molar-refractivity contribution >= 4 is 17.1 Å². The molecule has 1 aliphatic heterocycles. The third kappa shape index (κ3) is 3.21. The Morgan fingerprint density at radius 2 is 2.11 bits per heavy atom. The van der Waals surface area contributed by atoms with Crippen LogP contribution in [0.1, 0.15) is 26.0 Å². The zero-order valence-corrected chi connectivity index (χ0v) is 14.1. The number of imidazole rings is 1. The standard InChI is InChI=1S/C14H18F3N5O5/c1-2-3-21-7-9(19-12(18)20-10(7)25)22(13(21)26)11-5(23)4-6(27-11)8(24)14(15,16)17/h5-6,8,11,23-24H,2-4H2,1H3,(H3,18,19,20,25)/t5-,6+,8-,11-/m1/s1. The summed E-state index contributed by atoms with van der Waals surface area (Å²) in [6.45, 7) is 1.89. The van der Waals surface area contributed by atoms with Gasteiger partial charge in [-0.25, -0.2) is 9.36 Å². The number of anilines is 1. The number of fused-ring (bicyclic) bond motifs is 1. The average molecular weight is 393 g/mol. The van der Waals surface area contributed by atoms with Gasteiger partial charge in [0.25, 0.3) is 5.56 Å². The summed E-state index contributed by atoms with van der Waals surface area (Å²) in [4.78, 5) is 31.1. The molecule has 27 heavy (non-hydrogen) atoms. The fraction of sp³-hybridized carbons (Fsp3) is 0.643. The van der Waals surface area contributed by atoms with E-state index in [4.69, 9.17) is 10.5 Å². The molecule has 4 atom stereocenters. The molecule has 1 aliphatic rings. The molecule has 1 saturated heterocycles. The topological polar surface area (TPSA) is 148 Å². The Morgan fingerprint density at radius 3 is 2.70 bits per heavy atom. The largest absolute Gasteiger partial charge is 0.416 e. The molecule has 0 bridgehead atoms. The molecule has 3 rings (SSSR count). The Balaban J connectivity index is 2.13. The molecule has 150 valence electrons. The van der Waals surface area contributed by atoms with Crippen LogP contribution in [0, 0.1) is 0 Å². The Morgan fingerprint density at radius 1 is 1.44 bits per heavy atom. The van der Waals surface area contributed by atoms with Crippen LogP contribution in [0.3, 0.4) is 0 Å². The number of hydrogen-bond acceptors (Lipinski definition) is 7. The van der Waals surface area contributed by atoms with Crippen molar-refractivity contribution in [3.63, 3.8) is 0 Å². The van der Waals surface area contributed by atoms with Crippen molar-refractivity contribution in [1.82, 2.24) is 19.1 Å². The maximum Gasteiger partial charge on any atom is 0.416 e. The van der Waals surface area contributed by atoms with Gasteiger partial charge < -0.3 is 20.7 Å². The maximum absolute atomic E-state index is 12.8. The van der Waals surface area contributed by atoms with Crippen molar-refractivity contribution in [3.05, 3.63) is 20.8 Å². The molecule has 0 unspecified atom stereocenters. The van der Waals surface area contributed by atoms with Crippen molar-refractivity contribution in [2.24, 2.45) is 0 Å². The number of alkyl halides is 3. The maximum atomic E-state index is 12.8. The highest BCUT2D eigenvalue weighted by molar-refractivity contribution is 5.71. The fourth-order valence-corrected chi connectivity index (χ4v) is 3.19. The Labute approximate surface area is 149 Å². The summed E-state index contributed by atoms with van der Waals surface area (Å²) in [5, 5.41) is 19.6. The third-order valence-corrected chi connectivity index (χ3v) is 4.34. The Bertz CT molecular complexity index is 965. The van der Waals surface area contributed by atoms with Crippen LogP contribution >= 0.6 is 0 Å². The smallest absolute Gasteiger partial charge is 0.388 e. The summed E-state index contributed by atoms with van der Waals surface area (Å²) in [6, 6.07) is 0. The van der Waals surface area contributed by atoms with Gasteiger partial charge in [-0.05, 0) is 6.42 Å². The fourth-order valence-electron chi connectivity index (χ4n) is 3.19. The summed E-state index contributed by atoms with van der Waals surface area (Å²) in [5.74, 6) is -0.311. The second-order valence-corrected chi connectivity index (χ2v) is 6.28. The van der Waals surface area contributed by atoms with E-state index in [-0.39, 0.29) is 23.7 Å². The minimum absolute atomic E-state index is 0.133. The predicted molar refractivity (Wildman–Crippen MR) is 85.9 cm³/mol. The number of nitrogens with two attached hydrogens (primary N) is 1. The molecule has 13 heteroatoms. The summed E-state index contributed by atoms with van der Waals surface area (Å²) >= 11 is 0. The molecule has 1 fully saturated rings. The first-order chi connectivity index (χ1) is 12.6. The number of rotatable bonds is 4. The number of ether oxygens (including phenoxy) is 1. The monoisotopic (exact) mass is 393 g/mol. The van der Waals surface area contributed by atoms with E-state index in [1.54, 1.807) is 6.92 Å². The molecule has 3 heterocycles. The molecule has 2 aromatic heterocycles. The van der Waals surface area contributed by atoms with Crippen LogP contribution in [-0.4, -0.2) is 53.8 Å². The van der Waals surface area contributed by atoms with Crippen LogP contribution in [0.5, 0.6) is 0 Å². The minimum Gasteiger partial charge on any atom is -0.388 e. The van der Waals surface area contributed by atoms with E-state index in [0.717, 1.165) is 9.13 Å². The second kappa shape index (κ2) is 6.65. The molecule has 0 aliphatic carbocycles. The number of aryl methyl sites for hydroxylation is 1. The number of halogens is 3. The van der Waals surface area contributed by atoms with E-state index in [2.05, 4.69) is 9.97 Å². The van der Waals surface area contributed by atoms with Gasteiger partial charge in [-0.1, -0.05) is 6.92 Å². The van der Waals surface area contributed by atoms with E-state index in [1.807, 2.05) is 0 Å². The van der Waals surface area contributed by atoms with Crippen molar-refractivity contribution in [2.45, 2.75) is 57.0 Å². The molecular weight excluding hydrogens is 375 g/mol. The normalized spacial score (nSPS) is 24.6. The van der Waals surface area contributed by atoms with Crippen LogP contribution in [0.25, 0.3) is 11.2 Å². The van der Waals surface area contributed by atoms with Crippen LogP contribution < -0.4 is 17.0 Å². The van der Waals surface area contributed by atoms with E-state index < -0.39 is 48.4 Å². The van der Waals surface area contributed by atoms with Crippen LogP contribution in [-0.2, 0) is 11.3 Å². The highest BCUT2D eigenvalue weighted by Gasteiger charge is 2.50. The Kier molecular flexibility index (Phi) is 4.78. The van der Waals surface area contributed by atoms with Gasteiger partial charge >= 0.3 is 11.9 Å². The number of nitrogens with zero attached hydrogens (tertiary/aromatic N) is 3. The van der Waals surface area contributed by atoms with Crippen LogP contribution in [0.2, 0.25) is 0 Å². The molecule has 0 radical (unpaired) electrons. The predicted octanol–water partition coefficient (Wildman–Crippen LogP) is -0.550. The number of hydrogen-bond donors (Lipinski definition) is 4. The third-order valence-electron chi connectivity index (χ3n) is 4.34. The first-order valence-electron chi connectivity index (χ1n) is 8.15. The highest BCUT2D eigenvalue weighted by Crippen LogP contribution is 2.36. The number of H-pyrrole nitrogens is 1. The lowest BCUT2D eigenvalue weighted by molar-refractivity contribution is -0.237. The highest BCUT2D eigenvalue weighted by atomic mass is 19.4. The van der Waals surface area contributed by atoms with E-state index in [9.17, 15) is 33.0 Å². The molecule has 10 nitrogen and oxygen atoms in total. The molecule has 0 spiro atoms. The number of aromatic amines is 1. The lowest BCUT2D eigenvalue weighted by Gasteiger charge is -2.21. The van der Waals surface area contributed by atoms with Crippen molar-refractivity contribution in [2.75, 3.05) is 5.73 Å². The lowest BCUT2D eigenvalue weighted by atomic mass is 10.1. The number of nitrogen functional groups attached to an aromatic ring is 1. The summed E-state index contributed by atoms with van der Waals surface area (Å²) in [7, 11) is 0. The SMILES string of the molecule is CCCn1c(=O)n([C@@H]2O[C@H]([C@@H](O)C(F)(F)F)C[C@H]2O)c2nc(N)[nH]c(=O)c21. The number of nitrogens with one attached hydrogen (secondary N) is 1. The van der Waals surface area contributed by atoms with Gasteiger partial charge in [0.15, 0.2) is 23.5 Å². The van der Waals surface area contributed by atoms with Gasteiger partial charge in [0, 0.05) is 13.0 Å². The first-order valence-corrected chi connectivity index (χ1v) is 8.15. The van der Waals surface area contributed by atoms with Gasteiger partial charge in [0.2, 0.25) is 5.95 Å². The van der Waals surface area contributed by atoms with E-state index in [1.165, 1.54) is 0 Å². The van der Waals surface area contributed by atoms with E-state index in [0.29, 0.717) is 6.42 Å². The molecule has 5 N–H and O–H groups in total. The van der Waals surface area contributed by atoms with Gasteiger partial charge in [-0.15, -0.1) is 0 Å². The van der Waals surface area contributed by atoms with Gasteiger partial charge in [-0.3, -0.25) is 14.3 Å². The average Bonchev–Trinajstić information content (AvgIpc) is 3.04. The first kappa shape index (κ1) is 19.4. The summed E-state index contributed by atoms with van der Waals surface area (Å²) in [5.41, 5.74) is 3.66. The zero-order chi connectivity index (χ0) is 20.1. The van der Waals surface area contributed by atoms with Gasteiger partial charge in [-0.2, -0.15) is 18.2 Å².